The molecule has 0 aromatic heterocycles. The van der Waals surface area contributed by atoms with Gasteiger partial charge in [0.05, 0.1) is 17.7 Å². The lowest BCUT2D eigenvalue weighted by molar-refractivity contribution is -0.110. The Kier molecular flexibility index (Phi) is 5.59. The van der Waals surface area contributed by atoms with Crippen LogP contribution in [-0.2, 0) is 21.4 Å². The minimum atomic E-state index is -3.77. The lowest BCUT2D eigenvalue weighted by Crippen LogP contribution is -2.39. The first-order valence-electron chi connectivity index (χ1n) is 7.81. The van der Waals surface area contributed by atoms with Gasteiger partial charge in [0.2, 0.25) is 10.0 Å². The van der Waals surface area contributed by atoms with Gasteiger partial charge in [-0.3, -0.25) is 4.84 Å². The highest BCUT2D eigenvalue weighted by molar-refractivity contribution is 7.90. The van der Waals surface area contributed by atoms with E-state index in [9.17, 15) is 17.2 Å². The summed E-state index contributed by atoms with van der Waals surface area (Å²) < 4.78 is 54.4. The van der Waals surface area contributed by atoms with Gasteiger partial charge in [-0.05, 0) is 35.4 Å². The summed E-state index contributed by atoms with van der Waals surface area (Å²) in [5.74, 6) is -0.971. The van der Waals surface area contributed by atoms with Gasteiger partial charge in [-0.15, -0.1) is 0 Å². The van der Waals surface area contributed by atoms with Gasteiger partial charge in [-0.1, -0.05) is 29.8 Å². The molecule has 0 radical (unpaired) electrons. The van der Waals surface area contributed by atoms with E-state index in [1.54, 1.807) is 7.05 Å². The molecule has 0 bridgehead atoms. The maximum atomic E-state index is 13.4. The second kappa shape index (κ2) is 7.58. The first kappa shape index (κ1) is 19.2. The smallest absolute Gasteiger partial charge is 0.219 e. The molecular formula is C17H17ClF2N2O3S. The Morgan fingerprint density at radius 2 is 1.92 bits per heavy atom. The van der Waals surface area contributed by atoms with Gasteiger partial charge in [0.25, 0.3) is 0 Å². The maximum Gasteiger partial charge on any atom is 0.219 e. The summed E-state index contributed by atoms with van der Waals surface area (Å²) in [6, 6.07) is 8.98. The summed E-state index contributed by atoms with van der Waals surface area (Å²) in [5.41, 5.74) is 1.16. The van der Waals surface area contributed by atoms with Crippen molar-refractivity contribution in [2.24, 2.45) is 0 Å². The van der Waals surface area contributed by atoms with Crippen molar-refractivity contribution in [2.75, 3.05) is 13.7 Å². The molecule has 2 atom stereocenters. The molecule has 1 N–H and O–H groups in total. The molecule has 0 aliphatic carbocycles. The number of hydrogen-bond acceptors (Lipinski definition) is 4. The molecule has 2 unspecified atom stereocenters. The first-order valence-corrected chi connectivity index (χ1v) is 9.74. The van der Waals surface area contributed by atoms with Gasteiger partial charge in [-0.25, -0.2) is 21.9 Å². The number of hydrogen-bond donors (Lipinski definition) is 1. The fourth-order valence-electron chi connectivity index (χ4n) is 2.87. The van der Waals surface area contributed by atoms with Crippen LogP contribution in [0.2, 0.25) is 5.02 Å². The lowest BCUT2D eigenvalue weighted by atomic mass is 10.0. The maximum absolute atomic E-state index is 13.4. The largest absolute Gasteiger partial charge is 0.297 e. The SMILES string of the molecule is CN1OCC(S(=O)(=O)NCc2ccc(F)cc2)C1c1ccc(F)c(Cl)c1. The Morgan fingerprint density at radius 1 is 1.23 bits per heavy atom. The average Bonchev–Trinajstić information content (AvgIpc) is 2.99. The van der Waals surface area contributed by atoms with Gasteiger partial charge >= 0.3 is 0 Å². The van der Waals surface area contributed by atoms with Crippen molar-refractivity contribution >= 4 is 21.6 Å². The minimum Gasteiger partial charge on any atom is -0.297 e. The average molecular weight is 403 g/mol. The normalized spacial score (nSPS) is 21.2. The molecule has 1 fully saturated rings. The fraction of sp³-hybridized carbons (Fsp3) is 0.294. The zero-order valence-electron chi connectivity index (χ0n) is 13.8. The molecule has 0 spiro atoms. The predicted octanol–water partition coefficient (Wildman–Crippen LogP) is 3.02. The van der Waals surface area contributed by atoms with E-state index in [1.165, 1.54) is 47.5 Å². The Morgan fingerprint density at radius 3 is 2.58 bits per heavy atom. The molecule has 1 aliphatic rings. The second-order valence-electron chi connectivity index (χ2n) is 5.99. The number of hydroxylamine groups is 2. The Hall–Kier alpha value is -1.58. The number of halogens is 3. The third kappa shape index (κ3) is 4.05. The van der Waals surface area contributed by atoms with Crippen molar-refractivity contribution in [1.82, 2.24) is 9.79 Å². The summed E-state index contributed by atoms with van der Waals surface area (Å²) in [6.07, 6.45) is 0. The van der Waals surface area contributed by atoms with Crippen LogP contribution < -0.4 is 4.72 Å². The number of sulfonamides is 1. The number of nitrogens with one attached hydrogen (secondary N) is 1. The van der Waals surface area contributed by atoms with E-state index in [1.807, 2.05) is 0 Å². The zero-order valence-corrected chi connectivity index (χ0v) is 15.4. The summed E-state index contributed by atoms with van der Waals surface area (Å²) in [7, 11) is -2.16. The molecule has 0 saturated carbocycles. The van der Waals surface area contributed by atoms with Crippen LogP contribution in [-0.4, -0.2) is 32.4 Å². The van der Waals surface area contributed by atoms with E-state index in [2.05, 4.69) is 4.72 Å². The van der Waals surface area contributed by atoms with Crippen LogP contribution in [0.3, 0.4) is 0 Å². The molecule has 26 heavy (non-hydrogen) atoms. The molecule has 1 saturated heterocycles. The molecule has 9 heteroatoms. The highest BCUT2D eigenvalue weighted by atomic mass is 35.5. The van der Waals surface area contributed by atoms with Crippen molar-refractivity contribution in [3.8, 4) is 0 Å². The predicted molar refractivity (Wildman–Crippen MR) is 93.8 cm³/mol. The summed E-state index contributed by atoms with van der Waals surface area (Å²) >= 11 is 5.83. The van der Waals surface area contributed by atoms with E-state index in [0.29, 0.717) is 11.1 Å². The first-order chi connectivity index (χ1) is 12.3. The molecule has 1 heterocycles. The fourth-order valence-corrected chi connectivity index (χ4v) is 4.55. The second-order valence-corrected chi connectivity index (χ2v) is 8.38. The van der Waals surface area contributed by atoms with E-state index < -0.39 is 32.9 Å². The molecule has 2 aromatic carbocycles. The quantitative estimate of drug-likeness (QED) is 0.835. The van der Waals surface area contributed by atoms with Crippen LogP contribution in [0.1, 0.15) is 17.2 Å². The summed E-state index contributed by atoms with van der Waals surface area (Å²) in [4.78, 5) is 5.38. The van der Waals surface area contributed by atoms with E-state index >= 15 is 0 Å². The zero-order chi connectivity index (χ0) is 18.9. The van der Waals surface area contributed by atoms with Gasteiger partial charge < -0.3 is 0 Å². The number of benzene rings is 2. The summed E-state index contributed by atoms with van der Waals surface area (Å²) in [6.45, 7) is -0.0192. The molecule has 5 nitrogen and oxygen atoms in total. The Labute approximate surface area is 155 Å². The van der Waals surface area contributed by atoms with E-state index in [0.717, 1.165) is 0 Å². The molecule has 2 aromatic rings. The van der Waals surface area contributed by atoms with E-state index in [-0.39, 0.29) is 18.2 Å². The van der Waals surface area contributed by atoms with Crippen molar-refractivity contribution in [3.05, 3.63) is 70.2 Å². The Balaban J connectivity index is 1.80. The molecule has 140 valence electrons. The minimum absolute atomic E-state index is 0.0275. The highest BCUT2D eigenvalue weighted by Gasteiger charge is 2.43. The van der Waals surface area contributed by atoms with Crippen molar-refractivity contribution in [2.45, 2.75) is 17.8 Å². The lowest BCUT2D eigenvalue weighted by Gasteiger charge is -2.23. The van der Waals surface area contributed by atoms with Gasteiger partial charge in [0.15, 0.2) is 0 Å². The van der Waals surface area contributed by atoms with Crippen LogP contribution in [0, 0.1) is 11.6 Å². The Bertz CT molecular complexity index is 893. The van der Waals surface area contributed by atoms with Crippen LogP contribution in [0.5, 0.6) is 0 Å². The van der Waals surface area contributed by atoms with E-state index in [4.69, 9.17) is 16.4 Å². The number of nitrogens with zero attached hydrogens (tertiary/aromatic N) is 1. The third-order valence-electron chi connectivity index (χ3n) is 4.26. The van der Waals surface area contributed by atoms with Gasteiger partial charge in [-0.2, -0.15) is 5.06 Å². The van der Waals surface area contributed by atoms with Crippen molar-refractivity contribution in [3.63, 3.8) is 0 Å². The van der Waals surface area contributed by atoms with Gasteiger partial charge in [0, 0.05) is 13.6 Å². The standard InChI is InChI=1S/C17H17ClF2N2O3S/c1-22-17(12-4-7-15(20)14(18)8-12)16(10-25-22)26(23,24)21-9-11-2-5-13(19)6-3-11/h2-8,16-17,21H,9-10H2,1H3. The van der Waals surface area contributed by atoms with Crippen LogP contribution in [0.25, 0.3) is 0 Å². The molecule has 0 amide bonds. The molecule has 1 aliphatic heterocycles. The van der Waals surface area contributed by atoms with Crippen LogP contribution >= 0.6 is 11.6 Å². The van der Waals surface area contributed by atoms with Crippen LogP contribution in [0.15, 0.2) is 42.5 Å². The number of rotatable bonds is 5. The summed E-state index contributed by atoms with van der Waals surface area (Å²) in [5, 5.41) is 0.429. The molecular weight excluding hydrogens is 386 g/mol. The van der Waals surface area contributed by atoms with Crippen LogP contribution in [0.4, 0.5) is 8.78 Å². The molecule has 3 rings (SSSR count). The highest BCUT2D eigenvalue weighted by Crippen LogP contribution is 2.34. The van der Waals surface area contributed by atoms with Crippen molar-refractivity contribution in [1.29, 1.82) is 0 Å². The third-order valence-corrected chi connectivity index (χ3v) is 6.29. The van der Waals surface area contributed by atoms with Gasteiger partial charge in [0.1, 0.15) is 16.9 Å². The van der Waals surface area contributed by atoms with Crippen molar-refractivity contribution < 1.29 is 22.0 Å². The monoisotopic (exact) mass is 402 g/mol. The topological polar surface area (TPSA) is 58.6 Å².